The minimum Gasteiger partial charge on any atom is -0.348 e. The molecule has 0 aliphatic heterocycles. The van der Waals surface area contributed by atoms with Crippen molar-refractivity contribution in [2.45, 2.75) is 39.7 Å². The zero-order valence-electron chi connectivity index (χ0n) is 20.3. The maximum Gasteiger partial charge on any atom is 0.234 e. The molecule has 0 aliphatic rings. The van der Waals surface area contributed by atoms with Crippen molar-refractivity contribution in [2.24, 2.45) is 0 Å². The predicted molar refractivity (Wildman–Crippen MR) is 130 cm³/mol. The molecule has 2 N–H and O–H groups in total. The number of carbonyl (C=O) groups is 1. The highest BCUT2D eigenvalue weighted by molar-refractivity contribution is 5.79. The quantitative estimate of drug-likeness (QED) is 0.431. The van der Waals surface area contributed by atoms with Crippen LogP contribution < -0.4 is 5.32 Å². The first-order valence-electron chi connectivity index (χ1n) is 11.3. The molecule has 9 heteroatoms. The molecule has 0 aliphatic carbocycles. The van der Waals surface area contributed by atoms with Gasteiger partial charge in [-0.25, -0.2) is 13.9 Å². The number of nitrogens with zero attached hydrogens (tertiary/aromatic N) is 5. The molecule has 1 atom stereocenters. The van der Waals surface area contributed by atoms with E-state index in [0.717, 1.165) is 39.3 Å². The Labute approximate surface area is 198 Å². The molecular weight excluding hydrogens is 433 g/mol. The molecule has 3 heterocycles. The van der Waals surface area contributed by atoms with Crippen LogP contribution in [0, 0.1) is 12.7 Å². The van der Waals surface area contributed by atoms with Crippen LogP contribution in [0.4, 0.5) is 4.39 Å². The molecule has 3 aromatic heterocycles. The summed E-state index contributed by atoms with van der Waals surface area (Å²) in [4.78, 5) is 18.3. The average Bonchev–Trinajstić information content (AvgIpc) is 3.40. The minimum atomic E-state index is -0.477. The summed E-state index contributed by atoms with van der Waals surface area (Å²) in [5.41, 5.74) is 6.65. The number of aryl methyl sites for hydroxylation is 1. The van der Waals surface area contributed by atoms with E-state index in [0.29, 0.717) is 5.56 Å². The number of hydrogen-bond donors (Lipinski definition) is 2. The van der Waals surface area contributed by atoms with E-state index in [1.165, 1.54) is 12.4 Å². The van der Waals surface area contributed by atoms with Crippen LogP contribution in [0.2, 0.25) is 0 Å². The molecule has 0 saturated carbocycles. The van der Waals surface area contributed by atoms with Gasteiger partial charge in [0.1, 0.15) is 12.1 Å². The topological polar surface area (TPSA) is 91.2 Å². The maximum atomic E-state index is 14.7. The lowest BCUT2D eigenvalue weighted by Gasteiger charge is -2.18. The first-order chi connectivity index (χ1) is 16.2. The van der Waals surface area contributed by atoms with Gasteiger partial charge in [0.15, 0.2) is 5.65 Å². The summed E-state index contributed by atoms with van der Waals surface area (Å²) in [5, 5.41) is 15.0. The number of nitrogens with one attached hydrogen (secondary N) is 2. The van der Waals surface area contributed by atoms with Crippen molar-refractivity contribution in [3.8, 4) is 22.5 Å². The Balaban J connectivity index is 1.74. The van der Waals surface area contributed by atoms with Crippen LogP contribution >= 0.6 is 0 Å². The Bertz CT molecular complexity index is 1340. The molecule has 0 spiro atoms. The number of carbonyl (C=O) groups excluding carboxylic acids is 1. The lowest BCUT2D eigenvalue weighted by atomic mass is 9.92. The van der Waals surface area contributed by atoms with Gasteiger partial charge in [-0.15, -0.1) is 0 Å². The molecule has 0 saturated heterocycles. The lowest BCUT2D eigenvalue weighted by molar-refractivity contribution is -0.122. The van der Waals surface area contributed by atoms with Crippen LogP contribution in [-0.4, -0.2) is 56.2 Å². The summed E-state index contributed by atoms with van der Waals surface area (Å²) >= 11 is 0. The average molecular weight is 464 g/mol. The number of rotatable bonds is 7. The number of fused-ring (bicyclic) bond motifs is 1. The molecule has 178 valence electrons. The number of likely N-dealkylation sites (N-methyl/N-ethyl adjacent to an activating group) is 1. The van der Waals surface area contributed by atoms with Crippen LogP contribution in [0.25, 0.3) is 28.2 Å². The minimum absolute atomic E-state index is 0.154. The second-order valence-electron chi connectivity index (χ2n) is 9.22. The van der Waals surface area contributed by atoms with Crippen molar-refractivity contribution < 1.29 is 9.18 Å². The van der Waals surface area contributed by atoms with E-state index in [2.05, 4.69) is 39.4 Å². The molecule has 0 bridgehead atoms. The van der Waals surface area contributed by atoms with Crippen LogP contribution in [-0.2, 0) is 4.79 Å². The third-order valence-corrected chi connectivity index (χ3v) is 5.80. The summed E-state index contributed by atoms with van der Waals surface area (Å²) in [6.07, 6.45) is 3.45. The van der Waals surface area contributed by atoms with Crippen molar-refractivity contribution in [1.82, 2.24) is 35.0 Å². The first kappa shape index (κ1) is 23.6. The standard InChI is InChI=1S/C25H30FN7O/c1-14(2)22-23(30-31-24(22)18-9-15(3)25-27-13-28-33(25)11-18)17-7-8-20(26)19(10-17)16(4)29-21(34)12-32(5)6/h7-11,13-14,16H,12H2,1-6H3,(H,29,34)(H,30,31)/t16-/m0/s1. The van der Waals surface area contributed by atoms with Crippen LogP contribution in [0.15, 0.2) is 36.8 Å². The number of pyridine rings is 1. The van der Waals surface area contributed by atoms with Gasteiger partial charge in [0.2, 0.25) is 5.91 Å². The van der Waals surface area contributed by atoms with Gasteiger partial charge in [-0.2, -0.15) is 10.2 Å². The highest BCUT2D eigenvalue weighted by Gasteiger charge is 2.22. The monoisotopic (exact) mass is 463 g/mol. The van der Waals surface area contributed by atoms with Crippen molar-refractivity contribution in [2.75, 3.05) is 20.6 Å². The highest BCUT2D eigenvalue weighted by Crippen LogP contribution is 2.37. The van der Waals surface area contributed by atoms with E-state index < -0.39 is 6.04 Å². The van der Waals surface area contributed by atoms with E-state index in [1.807, 2.05) is 33.3 Å². The summed E-state index contributed by atoms with van der Waals surface area (Å²) in [6.45, 7) is 8.23. The molecule has 1 amide bonds. The fraction of sp³-hybridized carbons (Fsp3) is 0.360. The van der Waals surface area contributed by atoms with Gasteiger partial charge in [0.25, 0.3) is 0 Å². The fourth-order valence-electron chi connectivity index (χ4n) is 4.26. The van der Waals surface area contributed by atoms with Gasteiger partial charge in [0, 0.05) is 28.5 Å². The van der Waals surface area contributed by atoms with Gasteiger partial charge in [-0.1, -0.05) is 13.8 Å². The van der Waals surface area contributed by atoms with Crippen molar-refractivity contribution in [3.05, 3.63) is 59.3 Å². The number of hydrogen-bond acceptors (Lipinski definition) is 5. The smallest absolute Gasteiger partial charge is 0.234 e. The van der Waals surface area contributed by atoms with E-state index in [4.69, 9.17) is 0 Å². The maximum absolute atomic E-state index is 14.7. The number of H-pyrrole nitrogens is 1. The van der Waals surface area contributed by atoms with Gasteiger partial charge < -0.3 is 10.2 Å². The third-order valence-electron chi connectivity index (χ3n) is 5.80. The molecule has 0 radical (unpaired) electrons. The Kier molecular flexibility index (Phi) is 6.47. The summed E-state index contributed by atoms with van der Waals surface area (Å²) in [5.74, 6) is -0.367. The molecular formula is C25H30FN7O. The Hall–Kier alpha value is -3.59. The normalized spacial score (nSPS) is 12.6. The van der Waals surface area contributed by atoms with Gasteiger partial charge >= 0.3 is 0 Å². The van der Waals surface area contributed by atoms with E-state index in [-0.39, 0.29) is 24.2 Å². The summed E-state index contributed by atoms with van der Waals surface area (Å²) < 4.78 is 16.5. The van der Waals surface area contributed by atoms with Gasteiger partial charge in [0.05, 0.1) is 24.0 Å². The number of aromatic nitrogens is 5. The van der Waals surface area contributed by atoms with E-state index >= 15 is 0 Å². The fourth-order valence-corrected chi connectivity index (χ4v) is 4.26. The summed E-state index contributed by atoms with van der Waals surface area (Å²) in [6, 6.07) is 6.53. The van der Waals surface area contributed by atoms with E-state index in [9.17, 15) is 9.18 Å². The van der Waals surface area contributed by atoms with E-state index in [1.54, 1.807) is 28.5 Å². The number of halogens is 1. The molecule has 34 heavy (non-hydrogen) atoms. The highest BCUT2D eigenvalue weighted by atomic mass is 19.1. The SMILES string of the molecule is Cc1cc(-c2n[nH]c(-c3ccc(F)c([C@H](C)NC(=O)CN(C)C)c3)c2C(C)C)cn2ncnc12. The molecule has 8 nitrogen and oxygen atoms in total. The number of amides is 1. The van der Waals surface area contributed by atoms with Crippen molar-refractivity contribution in [1.29, 1.82) is 0 Å². The van der Waals surface area contributed by atoms with Crippen molar-refractivity contribution >= 4 is 11.6 Å². The second kappa shape index (κ2) is 9.34. The van der Waals surface area contributed by atoms with Crippen molar-refractivity contribution in [3.63, 3.8) is 0 Å². The predicted octanol–water partition coefficient (Wildman–Crippen LogP) is 4.10. The Morgan fingerprint density at radius 1 is 1.21 bits per heavy atom. The molecule has 1 aromatic carbocycles. The van der Waals surface area contributed by atoms with Gasteiger partial charge in [-0.3, -0.25) is 9.89 Å². The molecule has 4 rings (SSSR count). The third kappa shape index (κ3) is 4.56. The number of aromatic amines is 1. The lowest BCUT2D eigenvalue weighted by Crippen LogP contribution is -2.35. The Morgan fingerprint density at radius 2 is 1.97 bits per heavy atom. The second-order valence-corrected chi connectivity index (χ2v) is 9.22. The van der Waals surface area contributed by atoms with Crippen LogP contribution in [0.3, 0.4) is 0 Å². The van der Waals surface area contributed by atoms with Gasteiger partial charge in [-0.05, 0) is 63.7 Å². The molecule has 0 unspecified atom stereocenters. The number of benzene rings is 1. The zero-order valence-corrected chi connectivity index (χ0v) is 20.3. The Morgan fingerprint density at radius 3 is 2.68 bits per heavy atom. The first-order valence-corrected chi connectivity index (χ1v) is 11.3. The molecule has 0 fully saturated rings. The van der Waals surface area contributed by atoms with Crippen LogP contribution in [0.5, 0.6) is 0 Å². The largest absolute Gasteiger partial charge is 0.348 e. The zero-order chi connectivity index (χ0) is 24.6. The molecule has 4 aromatic rings. The summed E-state index contributed by atoms with van der Waals surface area (Å²) in [7, 11) is 3.63. The van der Waals surface area contributed by atoms with Crippen LogP contribution in [0.1, 0.15) is 49.4 Å².